The summed E-state index contributed by atoms with van der Waals surface area (Å²) in [4.78, 5) is 10.2. The minimum absolute atomic E-state index is 0.0724. The molecule has 0 aliphatic carbocycles. The molecule has 0 atom stereocenters. The van der Waals surface area contributed by atoms with Crippen molar-refractivity contribution >= 4 is 23.7 Å². The lowest BCUT2D eigenvalue weighted by Crippen LogP contribution is -2.48. The minimum atomic E-state index is -0.830. The SMILES string of the molecule is CC(C)(CSCC(=O)O)NC(=N)N. The fourth-order valence-electron chi connectivity index (χ4n) is 0.794. The molecule has 5 nitrogen and oxygen atoms in total. The summed E-state index contributed by atoms with van der Waals surface area (Å²) in [6.07, 6.45) is 0. The molecule has 0 bridgehead atoms. The number of carbonyl (C=O) groups is 1. The third-order valence-corrected chi connectivity index (χ3v) is 2.54. The highest BCUT2D eigenvalue weighted by atomic mass is 32.2. The number of guanidine groups is 1. The normalized spacial score (nSPS) is 10.9. The smallest absolute Gasteiger partial charge is 0.313 e. The van der Waals surface area contributed by atoms with Crippen LogP contribution < -0.4 is 11.1 Å². The van der Waals surface area contributed by atoms with E-state index in [0.717, 1.165) is 0 Å². The van der Waals surface area contributed by atoms with Gasteiger partial charge in [-0.1, -0.05) is 0 Å². The molecule has 0 spiro atoms. The van der Waals surface area contributed by atoms with E-state index in [4.69, 9.17) is 16.2 Å². The maximum atomic E-state index is 10.2. The molecule has 0 saturated carbocycles. The van der Waals surface area contributed by atoms with E-state index in [1.807, 2.05) is 13.8 Å². The van der Waals surface area contributed by atoms with E-state index < -0.39 is 5.97 Å². The number of aliphatic carboxylic acids is 1. The highest BCUT2D eigenvalue weighted by Crippen LogP contribution is 2.11. The Morgan fingerprint density at radius 2 is 2.23 bits per heavy atom. The molecular formula is C7H15N3O2S. The third-order valence-electron chi connectivity index (χ3n) is 1.16. The molecule has 0 heterocycles. The van der Waals surface area contributed by atoms with E-state index in [0.29, 0.717) is 5.75 Å². The molecule has 0 aromatic carbocycles. The summed E-state index contributed by atoms with van der Waals surface area (Å²) in [5.74, 6) is -0.258. The summed E-state index contributed by atoms with van der Waals surface area (Å²) in [6.45, 7) is 3.73. The fourth-order valence-corrected chi connectivity index (χ4v) is 1.65. The molecule has 0 unspecified atom stereocenters. The first kappa shape index (κ1) is 12.1. The fraction of sp³-hybridized carbons (Fsp3) is 0.714. The molecule has 0 aromatic rings. The van der Waals surface area contributed by atoms with Gasteiger partial charge in [0.15, 0.2) is 5.96 Å². The van der Waals surface area contributed by atoms with E-state index >= 15 is 0 Å². The second kappa shape index (κ2) is 4.96. The van der Waals surface area contributed by atoms with Gasteiger partial charge in [0, 0.05) is 11.3 Å². The first-order chi connectivity index (χ1) is 5.83. The van der Waals surface area contributed by atoms with Crippen LogP contribution in [-0.4, -0.2) is 34.1 Å². The van der Waals surface area contributed by atoms with Gasteiger partial charge in [-0.2, -0.15) is 0 Å². The molecular weight excluding hydrogens is 190 g/mol. The Morgan fingerprint density at radius 1 is 1.69 bits per heavy atom. The Hall–Kier alpha value is -0.910. The summed E-state index contributed by atoms with van der Waals surface area (Å²) in [5.41, 5.74) is 4.82. The first-order valence-electron chi connectivity index (χ1n) is 3.75. The van der Waals surface area contributed by atoms with Crippen LogP contribution >= 0.6 is 11.8 Å². The van der Waals surface area contributed by atoms with Crippen LogP contribution in [0, 0.1) is 5.41 Å². The number of thioether (sulfide) groups is 1. The van der Waals surface area contributed by atoms with Crippen LogP contribution in [-0.2, 0) is 4.79 Å². The number of nitrogens with two attached hydrogens (primary N) is 1. The van der Waals surface area contributed by atoms with Crippen LogP contribution in [0.25, 0.3) is 0 Å². The minimum Gasteiger partial charge on any atom is -0.481 e. The van der Waals surface area contributed by atoms with E-state index in [1.54, 1.807) is 0 Å². The summed E-state index contributed by atoms with van der Waals surface area (Å²) in [5, 5.41) is 18.1. The topological polar surface area (TPSA) is 99.2 Å². The molecule has 0 radical (unpaired) electrons. The Labute approximate surface area is 81.6 Å². The van der Waals surface area contributed by atoms with Crippen LogP contribution in [0.2, 0.25) is 0 Å². The summed E-state index contributed by atoms with van der Waals surface area (Å²) < 4.78 is 0. The zero-order chi connectivity index (χ0) is 10.5. The number of rotatable bonds is 5. The molecule has 0 amide bonds. The molecule has 6 heteroatoms. The quantitative estimate of drug-likeness (QED) is 0.376. The third kappa shape index (κ3) is 7.45. The molecule has 0 fully saturated rings. The Morgan fingerprint density at radius 3 is 2.62 bits per heavy atom. The molecule has 0 saturated heterocycles. The van der Waals surface area contributed by atoms with Crippen molar-refractivity contribution in [3.05, 3.63) is 0 Å². The average molecular weight is 205 g/mol. The maximum absolute atomic E-state index is 10.2. The van der Waals surface area contributed by atoms with Gasteiger partial charge in [0.2, 0.25) is 0 Å². The first-order valence-corrected chi connectivity index (χ1v) is 4.91. The Bertz CT molecular complexity index is 206. The van der Waals surface area contributed by atoms with Crippen molar-refractivity contribution in [1.29, 1.82) is 5.41 Å². The van der Waals surface area contributed by atoms with Crippen LogP contribution in [0.1, 0.15) is 13.8 Å². The van der Waals surface area contributed by atoms with Crippen molar-refractivity contribution in [2.24, 2.45) is 5.73 Å². The van der Waals surface area contributed by atoms with Gasteiger partial charge in [0.05, 0.1) is 5.75 Å². The van der Waals surface area contributed by atoms with Gasteiger partial charge in [0.25, 0.3) is 0 Å². The van der Waals surface area contributed by atoms with Crippen molar-refractivity contribution in [2.45, 2.75) is 19.4 Å². The summed E-state index contributed by atoms with van der Waals surface area (Å²) >= 11 is 1.30. The van der Waals surface area contributed by atoms with Crippen molar-refractivity contribution in [3.63, 3.8) is 0 Å². The summed E-state index contributed by atoms with van der Waals surface area (Å²) in [6, 6.07) is 0. The summed E-state index contributed by atoms with van der Waals surface area (Å²) in [7, 11) is 0. The average Bonchev–Trinajstić information content (AvgIpc) is 1.81. The van der Waals surface area contributed by atoms with Crippen molar-refractivity contribution in [1.82, 2.24) is 5.32 Å². The van der Waals surface area contributed by atoms with E-state index in [2.05, 4.69) is 5.32 Å². The monoisotopic (exact) mass is 205 g/mol. The van der Waals surface area contributed by atoms with Crippen molar-refractivity contribution in [3.8, 4) is 0 Å². The van der Waals surface area contributed by atoms with Gasteiger partial charge < -0.3 is 16.2 Å². The second-order valence-corrected chi connectivity index (χ2v) is 4.29. The van der Waals surface area contributed by atoms with Gasteiger partial charge in [-0.15, -0.1) is 11.8 Å². The molecule has 13 heavy (non-hydrogen) atoms. The molecule has 0 aliphatic heterocycles. The van der Waals surface area contributed by atoms with Gasteiger partial charge in [-0.05, 0) is 13.8 Å². The highest BCUT2D eigenvalue weighted by Gasteiger charge is 2.18. The maximum Gasteiger partial charge on any atom is 0.313 e. The predicted octanol–water partition coefficient (Wildman–Crippen LogP) is 0.0659. The van der Waals surface area contributed by atoms with Crippen LogP contribution in [0.5, 0.6) is 0 Å². The largest absolute Gasteiger partial charge is 0.481 e. The Kier molecular flexibility index (Phi) is 4.61. The zero-order valence-electron chi connectivity index (χ0n) is 7.76. The molecule has 76 valence electrons. The predicted molar refractivity (Wildman–Crippen MR) is 54.1 cm³/mol. The van der Waals surface area contributed by atoms with Gasteiger partial charge in [0.1, 0.15) is 0 Å². The molecule has 0 rings (SSSR count). The molecule has 5 N–H and O–H groups in total. The number of carboxylic acids is 1. The molecule has 0 aromatic heterocycles. The lowest BCUT2D eigenvalue weighted by molar-refractivity contribution is -0.133. The van der Waals surface area contributed by atoms with Crippen LogP contribution in [0.15, 0.2) is 0 Å². The van der Waals surface area contributed by atoms with E-state index in [1.165, 1.54) is 11.8 Å². The lowest BCUT2D eigenvalue weighted by atomic mass is 10.1. The van der Waals surface area contributed by atoms with Crippen LogP contribution in [0.4, 0.5) is 0 Å². The second-order valence-electron chi connectivity index (χ2n) is 3.31. The standard InChI is InChI=1S/C7H15N3O2S/c1-7(2,10-6(8)9)4-13-3-5(11)12/h3-4H2,1-2H3,(H,11,12)(H4,8,9,10). The number of carboxylic acid groups (broad SMARTS) is 1. The van der Waals surface area contributed by atoms with Crippen molar-refractivity contribution < 1.29 is 9.90 Å². The number of hydrogen-bond acceptors (Lipinski definition) is 3. The Balaban J connectivity index is 3.75. The van der Waals surface area contributed by atoms with Crippen molar-refractivity contribution in [2.75, 3.05) is 11.5 Å². The van der Waals surface area contributed by atoms with Gasteiger partial charge in [-0.3, -0.25) is 10.2 Å². The van der Waals surface area contributed by atoms with Crippen LogP contribution in [0.3, 0.4) is 0 Å². The number of hydrogen-bond donors (Lipinski definition) is 4. The zero-order valence-corrected chi connectivity index (χ0v) is 8.57. The van der Waals surface area contributed by atoms with Gasteiger partial charge in [-0.25, -0.2) is 0 Å². The van der Waals surface area contributed by atoms with Gasteiger partial charge >= 0.3 is 5.97 Å². The molecule has 0 aliphatic rings. The highest BCUT2D eigenvalue weighted by molar-refractivity contribution is 8.00. The lowest BCUT2D eigenvalue weighted by Gasteiger charge is -2.25. The van der Waals surface area contributed by atoms with E-state index in [9.17, 15) is 4.79 Å². The number of nitrogens with one attached hydrogen (secondary N) is 2. The van der Waals surface area contributed by atoms with E-state index in [-0.39, 0.29) is 17.3 Å².